The van der Waals surface area contributed by atoms with Gasteiger partial charge in [-0.15, -0.1) is 11.8 Å². The van der Waals surface area contributed by atoms with Crippen LogP contribution in [0.15, 0.2) is 54.6 Å². The monoisotopic (exact) mass is 594 g/mol. The minimum absolute atomic E-state index is 0.0600. The molecule has 2 aliphatic rings. The van der Waals surface area contributed by atoms with E-state index in [2.05, 4.69) is 11.4 Å². The molecule has 1 unspecified atom stereocenters. The van der Waals surface area contributed by atoms with Crippen molar-refractivity contribution in [1.82, 2.24) is 14.7 Å². The van der Waals surface area contributed by atoms with E-state index in [4.69, 9.17) is 4.74 Å². The Kier molecular flexibility index (Phi) is 11.3. The minimum Gasteiger partial charge on any atom is -0.467 e. The summed E-state index contributed by atoms with van der Waals surface area (Å²) < 4.78 is 5.05. The number of benzene rings is 2. The van der Waals surface area contributed by atoms with Crippen LogP contribution in [0, 0.1) is 5.92 Å². The Hall–Kier alpha value is -3.53. The van der Waals surface area contributed by atoms with Crippen molar-refractivity contribution in [2.75, 3.05) is 37.8 Å². The van der Waals surface area contributed by atoms with E-state index in [1.165, 1.54) is 23.8 Å². The molecule has 10 heteroatoms. The molecule has 4 rings (SSSR count). The molecule has 2 aromatic carbocycles. The van der Waals surface area contributed by atoms with Gasteiger partial charge in [0.25, 0.3) is 0 Å². The lowest BCUT2D eigenvalue weighted by atomic mass is 10.0. The number of ether oxygens (including phenoxy) is 1. The molecule has 2 aromatic rings. The Balaban J connectivity index is 1.34. The molecule has 2 atom stereocenters. The van der Waals surface area contributed by atoms with Gasteiger partial charge < -0.3 is 24.8 Å². The van der Waals surface area contributed by atoms with Crippen molar-refractivity contribution in [2.45, 2.75) is 63.4 Å². The van der Waals surface area contributed by atoms with E-state index in [1.54, 1.807) is 0 Å². The number of carbonyl (C=O) groups is 4. The highest BCUT2D eigenvalue weighted by molar-refractivity contribution is 7.99. The van der Waals surface area contributed by atoms with Crippen molar-refractivity contribution in [3.63, 3.8) is 0 Å². The highest BCUT2D eigenvalue weighted by Crippen LogP contribution is 2.35. The molecular formula is C32H42N4O5S. The summed E-state index contributed by atoms with van der Waals surface area (Å²) in [7, 11) is 1.34. The number of likely N-dealkylation sites (tertiary alicyclic amines) is 1. The second kappa shape index (κ2) is 15.1. The number of para-hydroxylation sites is 1. The summed E-state index contributed by atoms with van der Waals surface area (Å²) in [6.07, 6.45) is 3.80. The smallest absolute Gasteiger partial charge is 0.328 e. The molecule has 0 bridgehead atoms. The number of nitrogens with one attached hydrogen (secondary N) is 1. The summed E-state index contributed by atoms with van der Waals surface area (Å²) in [6.45, 7) is 5.88. The van der Waals surface area contributed by atoms with Gasteiger partial charge in [0, 0.05) is 43.5 Å². The highest BCUT2D eigenvalue weighted by atomic mass is 32.2. The van der Waals surface area contributed by atoms with E-state index in [9.17, 15) is 19.2 Å². The number of rotatable bonds is 12. The standard InChI is InChI=1S/C32H42N4O5S/c1-23(2)21-28(31(39)41-3)36(22-37)30(25-10-5-4-6-11-25)42-20-16-29(38)34-17-14-26(15-18-34)35-19-13-24-9-7-8-12-27(24)33-32(35)40/h4-12,22-23,26,28,30H,13-21H2,1-3H3,(H,33,40)/t28-,30?/m1/s1. The summed E-state index contributed by atoms with van der Waals surface area (Å²) in [5.74, 6) is 0.284. The van der Waals surface area contributed by atoms with Gasteiger partial charge in [0.1, 0.15) is 11.4 Å². The number of urea groups is 1. The molecular weight excluding hydrogens is 552 g/mol. The molecule has 0 saturated carbocycles. The van der Waals surface area contributed by atoms with Crippen LogP contribution in [0.3, 0.4) is 0 Å². The third kappa shape index (κ3) is 7.85. The van der Waals surface area contributed by atoms with Gasteiger partial charge in [0.2, 0.25) is 12.3 Å². The number of esters is 1. The van der Waals surface area contributed by atoms with E-state index in [-0.39, 0.29) is 23.9 Å². The number of hydrogen-bond acceptors (Lipinski definition) is 6. The molecule has 226 valence electrons. The number of thioether (sulfide) groups is 1. The third-order valence-corrected chi connectivity index (χ3v) is 9.27. The van der Waals surface area contributed by atoms with E-state index in [0.29, 0.717) is 38.2 Å². The van der Waals surface area contributed by atoms with Crippen molar-refractivity contribution in [1.29, 1.82) is 0 Å². The van der Waals surface area contributed by atoms with Gasteiger partial charge in [-0.05, 0) is 48.8 Å². The normalized spacial score (nSPS) is 17.1. The maximum Gasteiger partial charge on any atom is 0.328 e. The van der Waals surface area contributed by atoms with Gasteiger partial charge in [-0.25, -0.2) is 9.59 Å². The van der Waals surface area contributed by atoms with E-state index in [1.807, 2.05) is 72.2 Å². The third-order valence-electron chi connectivity index (χ3n) is 8.00. The zero-order valence-corrected chi connectivity index (χ0v) is 25.6. The Morgan fingerprint density at radius 2 is 1.76 bits per heavy atom. The summed E-state index contributed by atoms with van der Waals surface area (Å²) in [4.78, 5) is 56.5. The molecule has 1 fully saturated rings. The van der Waals surface area contributed by atoms with Crippen LogP contribution in [0.5, 0.6) is 0 Å². The van der Waals surface area contributed by atoms with E-state index >= 15 is 0 Å². The number of hydrogen-bond donors (Lipinski definition) is 1. The fraction of sp³-hybridized carbons (Fsp3) is 0.500. The van der Waals surface area contributed by atoms with Gasteiger partial charge in [-0.2, -0.15) is 0 Å². The van der Waals surface area contributed by atoms with Crippen LogP contribution in [-0.4, -0.2) is 83.6 Å². The number of amides is 4. The number of piperidine rings is 1. The van der Waals surface area contributed by atoms with Gasteiger partial charge >= 0.3 is 12.0 Å². The number of methoxy groups -OCH3 is 1. The zero-order chi connectivity index (χ0) is 30.1. The molecule has 2 aliphatic heterocycles. The molecule has 0 spiro atoms. The van der Waals surface area contributed by atoms with Crippen molar-refractivity contribution in [3.05, 3.63) is 65.7 Å². The van der Waals surface area contributed by atoms with Crippen molar-refractivity contribution < 1.29 is 23.9 Å². The molecule has 4 amide bonds. The average molecular weight is 595 g/mol. The fourth-order valence-electron chi connectivity index (χ4n) is 5.77. The number of anilines is 1. The predicted octanol–water partition coefficient (Wildman–Crippen LogP) is 4.94. The molecule has 0 aliphatic carbocycles. The highest BCUT2D eigenvalue weighted by Gasteiger charge is 2.34. The van der Waals surface area contributed by atoms with Gasteiger partial charge in [-0.1, -0.05) is 62.4 Å². The maximum absolute atomic E-state index is 13.2. The van der Waals surface area contributed by atoms with Crippen LogP contribution in [0.2, 0.25) is 0 Å². The quantitative estimate of drug-likeness (QED) is 0.212. The zero-order valence-electron chi connectivity index (χ0n) is 24.7. The van der Waals surface area contributed by atoms with Crippen molar-refractivity contribution >= 4 is 41.8 Å². The molecule has 0 aromatic heterocycles. The second-order valence-corrected chi connectivity index (χ2v) is 12.4. The molecule has 2 heterocycles. The van der Waals surface area contributed by atoms with Crippen LogP contribution in [0.25, 0.3) is 0 Å². The Bertz CT molecular complexity index is 1220. The van der Waals surface area contributed by atoms with Crippen molar-refractivity contribution in [3.8, 4) is 0 Å². The molecule has 1 N–H and O–H groups in total. The molecule has 42 heavy (non-hydrogen) atoms. The molecule has 9 nitrogen and oxygen atoms in total. The number of carbonyl (C=O) groups excluding carboxylic acids is 4. The first-order valence-electron chi connectivity index (χ1n) is 14.7. The Morgan fingerprint density at radius 1 is 1.07 bits per heavy atom. The summed E-state index contributed by atoms with van der Waals surface area (Å²) in [5.41, 5.74) is 2.90. The summed E-state index contributed by atoms with van der Waals surface area (Å²) in [6, 6.07) is 16.8. The Labute approximate surface area is 252 Å². The number of fused-ring (bicyclic) bond motifs is 1. The summed E-state index contributed by atoms with van der Waals surface area (Å²) >= 11 is 1.48. The number of nitrogens with zero attached hydrogens (tertiary/aromatic N) is 3. The largest absolute Gasteiger partial charge is 0.467 e. The lowest BCUT2D eigenvalue weighted by molar-refractivity contribution is -0.150. The van der Waals surface area contributed by atoms with Gasteiger partial charge in [0.15, 0.2) is 0 Å². The summed E-state index contributed by atoms with van der Waals surface area (Å²) in [5, 5.41) is 2.61. The topological polar surface area (TPSA) is 99.3 Å². The van der Waals surface area contributed by atoms with Crippen molar-refractivity contribution in [2.24, 2.45) is 5.92 Å². The van der Waals surface area contributed by atoms with E-state index in [0.717, 1.165) is 42.5 Å². The van der Waals surface area contributed by atoms with Crippen LogP contribution < -0.4 is 5.32 Å². The first-order chi connectivity index (χ1) is 20.3. The van der Waals surface area contributed by atoms with Crippen LogP contribution in [0.1, 0.15) is 56.0 Å². The minimum atomic E-state index is -0.719. The second-order valence-electron chi connectivity index (χ2n) is 11.2. The van der Waals surface area contributed by atoms with Gasteiger partial charge in [-0.3, -0.25) is 9.59 Å². The SMILES string of the molecule is COC(=O)[C@@H](CC(C)C)N(C=O)C(SCCC(=O)N1CCC(N2CCc3ccccc3NC2=O)CC1)c1ccccc1. The fourth-order valence-corrected chi connectivity index (χ4v) is 7.00. The van der Waals surface area contributed by atoms with Gasteiger partial charge in [0.05, 0.1) is 7.11 Å². The van der Waals surface area contributed by atoms with Crippen LogP contribution in [-0.2, 0) is 25.5 Å². The first kappa shape index (κ1) is 31.4. The average Bonchev–Trinajstić information content (AvgIpc) is 3.17. The molecule has 1 saturated heterocycles. The van der Waals surface area contributed by atoms with Crippen LogP contribution in [0.4, 0.5) is 10.5 Å². The van der Waals surface area contributed by atoms with E-state index < -0.39 is 17.4 Å². The van der Waals surface area contributed by atoms with Crippen LogP contribution >= 0.6 is 11.8 Å². The maximum atomic E-state index is 13.2. The first-order valence-corrected chi connectivity index (χ1v) is 15.8. The lowest BCUT2D eigenvalue weighted by Crippen LogP contribution is -2.50. The predicted molar refractivity (Wildman–Crippen MR) is 165 cm³/mol. The Morgan fingerprint density at radius 3 is 2.43 bits per heavy atom. The lowest BCUT2D eigenvalue weighted by Gasteiger charge is -2.38. The molecule has 0 radical (unpaired) electrons.